The average Bonchev–Trinajstić information content (AvgIpc) is 2.62. The number of hydrogen-bond acceptors (Lipinski definition) is 2. The van der Waals surface area contributed by atoms with Gasteiger partial charge < -0.3 is 5.73 Å². The second-order valence-electron chi connectivity index (χ2n) is 4.65. The van der Waals surface area contributed by atoms with Crippen molar-refractivity contribution in [2.24, 2.45) is 11.7 Å². The van der Waals surface area contributed by atoms with Crippen LogP contribution in [0, 0.1) is 5.92 Å². The molecule has 0 atom stereocenters. The minimum atomic E-state index is 0.634. The zero-order valence-electron chi connectivity index (χ0n) is 9.96. The van der Waals surface area contributed by atoms with Gasteiger partial charge in [-0.15, -0.1) is 0 Å². The number of aromatic amines is 1. The summed E-state index contributed by atoms with van der Waals surface area (Å²) in [6.07, 6.45) is 1.96. The van der Waals surface area contributed by atoms with Crippen LogP contribution in [0.2, 0.25) is 0 Å². The van der Waals surface area contributed by atoms with Gasteiger partial charge in [0.05, 0.1) is 5.52 Å². The van der Waals surface area contributed by atoms with Gasteiger partial charge in [0.2, 0.25) is 0 Å². The van der Waals surface area contributed by atoms with Gasteiger partial charge in [-0.3, -0.25) is 5.10 Å². The van der Waals surface area contributed by atoms with Gasteiger partial charge in [-0.2, -0.15) is 5.10 Å². The SMILES string of the molecule is CC(C)Cc1[nH]nc2cccc(CCN)c12. The summed E-state index contributed by atoms with van der Waals surface area (Å²) in [6.45, 7) is 5.13. The van der Waals surface area contributed by atoms with E-state index in [-0.39, 0.29) is 0 Å². The lowest BCUT2D eigenvalue weighted by Crippen LogP contribution is -2.04. The Labute approximate surface area is 96.0 Å². The van der Waals surface area contributed by atoms with Gasteiger partial charge in [-0.05, 0) is 36.9 Å². The molecule has 0 saturated heterocycles. The second-order valence-corrected chi connectivity index (χ2v) is 4.65. The Morgan fingerprint density at radius 2 is 2.19 bits per heavy atom. The highest BCUT2D eigenvalue weighted by molar-refractivity contribution is 5.85. The van der Waals surface area contributed by atoms with E-state index in [1.165, 1.54) is 16.6 Å². The largest absolute Gasteiger partial charge is 0.330 e. The molecule has 3 nitrogen and oxygen atoms in total. The Hall–Kier alpha value is -1.35. The lowest BCUT2D eigenvalue weighted by molar-refractivity contribution is 0.636. The maximum atomic E-state index is 5.64. The number of fused-ring (bicyclic) bond motifs is 1. The number of benzene rings is 1. The summed E-state index contributed by atoms with van der Waals surface area (Å²) in [5.74, 6) is 0.634. The number of H-pyrrole nitrogens is 1. The molecule has 0 fully saturated rings. The van der Waals surface area contributed by atoms with Crippen LogP contribution < -0.4 is 5.73 Å². The number of nitrogens with zero attached hydrogens (tertiary/aromatic N) is 1. The summed E-state index contributed by atoms with van der Waals surface area (Å²) >= 11 is 0. The highest BCUT2D eigenvalue weighted by Crippen LogP contribution is 2.23. The Morgan fingerprint density at radius 1 is 1.38 bits per heavy atom. The third kappa shape index (κ3) is 2.09. The molecule has 0 aliphatic heterocycles. The molecular weight excluding hydrogens is 198 g/mol. The molecule has 0 saturated carbocycles. The van der Waals surface area contributed by atoms with E-state index < -0.39 is 0 Å². The molecule has 0 amide bonds. The fourth-order valence-electron chi connectivity index (χ4n) is 2.13. The third-order valence-corrected chi connectivity index (χ3v) is 2.77. The molecule has 0 aliphatic carbocycles. The number of rotatable bonds is 4. The lowest BCUT2D eigenvalue weighted by Gasteiger charge is -2.06. The summed E-state index contributed by atoms with van der Waals surface area (Å²) in [6, 6.07) is 6.25. The predicted octanol–water partition coefficient (Wildman–Crippen LogP) is 2.26. The maximum absolute atomic E-state index is 5.64. The van der Waals surface area contributed by atoms with Crippen LogP contribution in [0.5, 0.6) is 0 Å². The normalized spacial score (nSPS) is 11.5. The molecule has 2 rings (SSSR count). The Bertz CT molecular complexity index is 471. The molecule has 0 spiro atoms. The first kappa shape index (κ1) is 11.1. The van der Waals surface area contributed by atoms with E-state index >= 15 is 0 Å². The molecular formula is C13H19N3. The molecule has 1 aromatic heterocycles. The maximum Gasteiger partial charge on any atom is 0.0926 e. The van der Waals surface area contributed by atoms with E-state index in [1.54, 1.807) is 0 Å². The van der Waals surface area contributed by atoms with Crippen molar-refractivity contribution in [3.8, 4) is 0 Å². The second kappa shape index (κ2) is 4.66. The van der Waals surface area contributed by atoms with Crippen molar-refractivity contribution >= 4 is 10.9 Å². The summed E-state index contributed by atoms with van der Waals surface area (Å²) < 4.78 is 0. The van der Waals surface area contributed by atoms with E-state index in [4.69, 9.17) is 5.73 Å². The number of nitrogens with one attached hydrogen (secondary N) is 1. The molecule has 3 heteroatoms. The standard InChI is InChI=1S/C13H19N3/c1-9(2)8-12-13-10(6-7-14)4-3-5-11(13)15-16-12/h3-5,9H,6-8,14H2,1-2H3,(H,15,16). The minimum absolute atomic E-state index is 0.634. The molecule has 1 heterocycles. The molecule has 0 bridgehead atoms. The Morgan fingerprint density at radius 3 is 2.88 bits per heavy atom. The van der Waals surface area contributed by atoms with Gasteiger partial charge in [-0.1, -0.05) is 26.0 Å². The van der Waals surface area contributed by atoms with Crippen molar-refractivity contribution in [3.63, 3.8) is 0 Å². The first-order valence-corrected chi connectivity index (χ1v) is 5.87. The highest BCUT2D eigenvalue weighted by Gasteiger charge is 2.10. The van der Waals surface area contributed by atoms with Crippen LogP contribution in [0.4, 0.5) is 0 Å². The van der Waals surface area contributed by atoms with Gasteiger partial charge in [0.15, 0.2) is 0 Å². The van der Waals surface area contributed by atoms with Gasteiger partial charge in [0.25, 0.3) is 0 Å². The predicted molar refractivity (Wildman–Crippen MR) is 67.4 cm³/mol. The molecule has 3 N–H and O–H groups in total. The van der Waals surface area contributed by atoms with Gasteiger partial charge in [-0.25, -0.2) is 0 Å². The molecule has 0 radical (unpaired) electrons. The lowest BCUT2D eigenvalue weighted by atomic mass is 10.00. The van der Waals surface area contributed by atoms with Crippen LogP contribution in [0.3, 0.4) is 0 Å². The van der Waals surface area contributed by atoms with Crippen molar-refractivity contribution in [2.45, 2.75) is 26.7 Å². The van der Waals surface area contributed by atoms with E-state index in [0.717, 1.165) is 18.4 Å². The molecule has 2 aromatic rings. The quantitative estimate of drug-likeness (QED) is 0.825. The van der Waals surface area contributed by atoms with Gasteiger partial charge >= 0.3 is 0 Å². The summed E-state index contributed by atoms with van der Waals surface area (Å²) in [4.78, 5) is 0. The molecule has 16 heavy (non-hydrogen) atoms. The molecule has 0 unspecified atom stereocenters. The Balaban J connectivity index is 2.49. The smallest absolute Gasteiger partial charge is 0.0926 e. The number of hydrogen-bond donors (Lipinski definition) is 2. The van der Waals surface area contributed by atoms with Crippen LogP contribution in [0.1, 0.15) is 25.1 Å². The van der Waals surface area contributed by atoms with Crippen molar-refractivity contribution in [3.05, 3.63) is 29.5 Å². The van der Waals surface area contributed by atoms with Crippen LogP contribution in [-0.4, -0.2) is 16.7 Å². The van der Waals surface area contributed by atoms with Crippen LogP contribution in [-0.2, 0) is 12.8 Å². The van der Waals surface area contributed by atoms with Crippen molar-refractivity contribution in [2.75, 3.05) is 6.54 Å². The van der Waals surface area contributed by atoms with E-state index in [0.29, 0.717) is 12.5 Å². The van der Waals surface area contributed by atoms with Crippen LogP contribution in [0.25, 0.3) is 10.9 Å². The first-order valence-electron chi connectivity index (χ1n) is 5.87. The Kier molecular flexibility index (Phi) is 3.25. The monoisotopic (exact) mass is 217 g/mol. The minimum Gasteiger partial charge on any atom is -0.330 e. The van der Waals surface area contributed by atoms with Gasteiger partial charge in [0.1, 0.15) is 0 Å². The summed E-state index contributed by atoms with van der Waals surface area (Å²) in [5, 5.41) is 8.78. The summed E-state index contributed by atoms with van der Waals surface area (Å²) in [5.41, 5.74) is 9.25. The molecule has 86 valence electrons. The topological polar surface area (TPSA) is 54.7 Å². The van der Waals surface area contributed by atoms with E-state index in [9.17, 15) is 0 Å². The van der Waals surface area contributed by atoms with Crippen LogP contribution >= 0.6 is 0 Å². The number of nitrogens with two attached hydrogens (primary N) is 1. The van der Waals surface area contributed by atoms with E-state index in [1.807, 2.05) is 6.07 Å². The fourth-order valence-corrected chi connectivity index (χ4v) is 2.13. The fraction of sp³-hybridized carbons (Fsp3) is 0.462. The average molecular weight is 217 g/mol. The zero-order chi connectivity index (χ0) is 11.5. The van der Waals surface area contributed by atoms with Gasteiger partial charge in [0, 0.05) is 11.1 Å². The molecule has 1 aromatic carbocycles. The highest BCUT2D eigenvalue weighted by atomic mass is 15.1. The zero-order valence-corrected chi connectivity index (χ0v) is 9.96. The van der Waals surface area contributed by atoms with Crippen molar-refractivity contribution in [1.82, 2.24) is 10.2 Å². The van der Waals surface area contributed by atoms with E-state index in [2.05, 4.69) is 36.2 Å². The van der Waals surface area contributed by atoms with Crippen molar-refractivity contribution < 1.29 is 0 Å². The van der Waals surface area contributed by atoms with Crippen molar-refractivity contribution in [1.29, 1.82) is 0 Å². The summed E-state index contributed by atoms with van der Waals surface area (Å²) in [7, 11) is 0. The molecule has 0 aliphatic rings. The number of aromatic nitrogens is 2. The first-order chi connectivity index (χ1) is 7.72. The third-order valence-electron chi connectivity index (χ3n) is 2.77. The van der Waals surface area contributed by atoms with Crippen LogP contribution in [0.15, 0.2) is 18.2 Å².